The van der Waals surface area contributed by atoms with Crippen LogP contribution in [-0.4, -0.2) is 10.9 Å². The van der Waals surface area contributed by atoms with E-state index in [9.17, 15) is 4.79 Å². The molecule has 1 aromatic carbocycles. The van der Waals surface area contributed by atoms with Gasteiger partial charge in [0.1, 0.15) is 11.6 Å². The lowest BCUT2D eigenvalue weighted by Gasteiger charge is -2.10. The molecule has 3 aromatic rings. The van der Waals surface area contributed by atoms with Crippen LogP contribution in [0, 0.1) is 20.8 Å². The molecular weight excluding hydrogens is 324 g/mol. The Balaban J connectivity index is 1.74. The van der Waals surface area contributed by atoms with Crippen molar-refractivity contribution in [3.63, 3.8) is 0 Å². The molecule has 0 spiro atoms. The van der Waals surface area contributed by atoms with Crippen LogP contribution >= 0.6 is 0 Å². The third-order valence-electron chi connectivity index (χ3n) is 4.49. The van der Waals surface area contributed by atoms with Crippen LogP contribution in [0.2, 0.25) is 0 Å². The predicted octanol–water partition coefficient (Wildman–Crippen LogP) is 5.01. The summed E-state index contributed by atoms with van der Waals surface area (Å²) in [5.41, 5.74) is 5.92. The molecule has 134 valence electrons. The summed E-state index contributed by atoms with van der Waals surface area (Å²) in [6.07, 6.45) is 1.50. The van der Waals surface area contributed by atoms with Crippen molar-refractivity contribution in [2.45, 2.75) is 40.5 Å². The molecule has 4 heteroatoms. The molecule has 0 aliphatic rings. The van der Waals surface area contributed by atoms with Crippen LogP contribution in [0.1, 0.15) is 51.2 Å². The fourth-order valence-corrected chi connectivity index (χ4v) is 3.18. The first-order valence-corrected chi connectivity index (χ1v) is 8.89. The maximum absolute atomic E-state index is 12.4. The molecular formula is C22H24N2O2. The second-order valence-corrected chi connectivity index (χ2v) is 6.64. The van der Waals surface area contributed by atoms with Gasteiger partial charge < -0.3 is 9.73 Å². The third kappa shape index (κ3) is 4.02. The van der Waals surface area contributed by atoms with Crippen LogP contribution in [0.25, 0.3) is 0 Å². The van der Waals surface area contributed by atoms with Gasteiger partial charge in [-0.2, -0.15) is 0 Å². The van der Waals surface area contributed by atoms with Crippen LogP contribution < -0.4 is 5.32 Å². The van der Waals surface area contributed by atoms with Gasteiger partial charge in [-0.15, -0.1) is 0 Å². The number of amides is 1. The number of nitrogens with zero attached hydrogens (tertiary/aromatic N) is 1. The largest absolute Gasteiger partial charge is 0.456 e. The first-order valence-electron chi connectivity index (χ1n) is 8.89. The number of carbonyl (C=O) groups excluding carboxylic acids is 1. The lowest BCUT2D eigenvalue weighted by atomic mass is 9.97. The Morgan fingerprint density at radius 1 is 1.08 bits per heavy atom. The molecule has 0 radical (unpaired) electrons. The molecule has 0 saturated carbocycles. The van der Waals surface area contributed by atoms with Gasteiger partial charge in [0.25, 0.3) is 5.91 Å². The lowest BCUT2D eigenvalue weighted by molar-refractivity contribution is 0.0994. The highest BCUT2D eigenvalue weighted by Crippen LogP contribution is 2.21. The Morgan fingerprint density at radius 2 is 1.81 bits per heavy atom. The van der Waals surface area contributed by atoms with Gasteiger partial charge in [0.15, 0.2) is 5.76 Å². The van der Waals surface area contributed by atoms with Crippen LogP contribution in [0.5, 0.6) is 0 Å². The van der Waals surface area contributed by atoms with Crippen molar-refractivity contribution in [3.05, 3.63) is 81.9 Å². The molecule has 26 heavy (non-hydrogen) atoms. The lowest BCUT2D eigenvalue weighted by Crippen LogP contribution is -2.12. The second kappa shape index (κ2) is 7.56. The highest BCUT2D eigenvalue weighted by Gasteiger charge is 2.14. The summed E-state index contributed by atoms with van der Waals surface area (Å²) in [5.74, 6) is 1.33. The molecule has 0 fully saturated rings. The highest BCUT2D eigenvalue weighted by molar-refractivity contribution is 6.01. The van der Waals surface area contributed by atoms with Crippen LogP contribution in [-0.2, 0) is 12.8 Å². The normalized spacial score (nSPS) is 10.8. The molecule has 0 bridgehead atoms. The van der Waals surface area contributed by atoms with E-state index < -0.39 is 0 Å². The SMILES string of the molecule is CCc1cccc(NC(=O)c2ccc(Cc3c(C)cc(C)cc3C)o2)n1. The van der Waals surface area contributed by atoms with E-state index in [1.807, 2.05) is 25.1 Å². The number of rotatable bonds is 5. The maximum atomic E-state index is 12.4. The number of nitrogens with one attached hydrogen (secondary N) is 1. The smallest absolute Gasteiger partial charge is 0.292 e. The molecule has 0 aliphatic carbocycles. The first-order chi connectivity index (χ1) is 12.5. The van der Waals surface area contributed by atoms with E-state index in [-0.39, 0.29) is 5.91 Å². The van der Waals surface area contributed by atoms with E-state index in [1.165, 1.54) is 22.3 Å². The molecule has 1 N–H and O–H groups in total. The average molecular weight is 348 g/mol. The molecule has 4 nitrogen and oxygen atoms in total. The Bertz CT molecular complexity index is 918. The average Bonchev–Trinajstić information content (AvgIpc) is 3.07. The van der Waals surface area contributed by atoms with Gasteiger partial charge in [-0.3, -0.25) is 4.79 Å². The van der Waals surface area contributed by atoms with Gasteiger partial charge in [-0.1, -0.05) is 30.7 Å². The molecule has 0 atom stereocenters. The minimum absolute atomic E-state index is 0.283. The fourth-order valence-electron chi connectivity index (χ4n) is 3.18. The van der Waals surface area contributed by atoms with Crippen molar-refractivity contribution in [2.75, 3.05) is 5.32 Å². The minimum atomic E-state index is -0.283. The van der Waals surface area contributed by atoms with Gasteiger partial charge in [-0.05, 0) is 68.1 Å². The summed E-state index contributed by atoms with van der Waals surface area (Å²) >= 11 is 0. The Morgan fingerprint density at radius 3 is 2.50 bits per heavy atom. The summed E-state index contributed by atoms with van der Waals surface area (Å²) in [5, 5.41) is 2.80. The zero-order valence-corrected chi connectivity index (χ0v) is 15.7. The van der Waals surface area contributed by atoms with Gasteiger partial charge in [0, 0.05) is 12.1 Å². The van der Waals surface area contributed by atoms with Crippen molar-refractivity contribution >= 4 is 11.7 Å². The van der Waals surface area contributed by atoms with Gasteiger partial charge in [-0.25, -0.2) is 4.98 Å². The van der Waals surface area contributed by atoms with E-state index in [0.717, 1.165) is 17.9 Å². The topological polar surface area (TPSA) is 55.1 Å². The zero-order valence-electron chi connectivity index (χ0n) is 15.7. The number of pyridine rings is 1. The number of anilines is 1. The number of hydrogen-bond acceptors (Lipinski definition) is 3. The summed E-state index contributed by atoms with van der Waals surface area (Å²) in [7, 11) is 0. The predicted molar refractivity (Wildman–Crippen MR) is 104 cm³/mol. The molecule has 0 saturated heterocycles. The van der Waals surface area contributed by atoms with Gasteiger partial charge in [0.2, 0.25) is 0 Å². The standard InChI is InChI=1S/C22H24N2O2/c1-5-17-7-6-8-21(23-17)24-22(25)20-10-9-18(26-20)13-19-15(3)11-14(2)12-16(19)4/h6-12H,5,13H2,1-4H3,(H,23,24,25). The van der Waals surface area contributed by atoms with Crippen molar-refractivity contribution in [2.24, 2.45) is 0 Å². The number of benzene rings is 1. The number of aromatic nitrogens is 1. The number of furan rings is 1. The molecule has 3 rings (SSSR count). The number of carbonyl (C=O) groups is 1. The van der Waals surface area contributed by atoms with E-state index in [1.54, 1.807) is 12.1 Å². The molecule has 2 aromatic heterocycles. The zero-order chi connectivity index (χ0) is 18.7. The molecule has 0 unspecified atom stereocenters. The summed E-state index contributed by atoms with van der Waals surface area (Å²) in [6, 6.07) is 13.5. The van der Waals surface area contributed by atoms with E-state index >= 15 is 0 Å². The van der Waals surface area contributed by atoms with Crippen molar-refractivity contribution < 1.29 is 9.21 Å². The Labute approximate surface area is 154 Å². The van der Waals surface area contributed by atoms with Crippen LogP contribution in [0.4, 0.5) is 5.82 Å². The molecule has 2 heterocycles. The van der Waals surface area contributed by atoms with E-state index in [2.05, 4.69) is 43.2 Å². The van der Waals surface area contributed by atoms with Crippen LogP contribution in [0.3, 0.4) is 0 Å². The van der Waals surface area contributed by atoms with Gasteiger partial charge in [0.05, 0.1) is 0 Å². The van der Waals surface area contributed by atoms with E-state index in [0.29, 0.717) is 18.0 Å². The number of aryl methyl sites for hydroxylation is 4. The summed E-state index contributed by atoms with van der Waals surface area (Å²) in [6.45, 7) is 8.35. The molecule has 0 aliphatic heterocycles. The van der Waals surface area contributed by atoms with Crippen LogP contribution in [0.15, 0.2) is 46.9 Å². The Hall–Kier alpha value is -2.88. The highest BCUT2D eigenvalue weighted by atomic mass is 16.3. The summed E-state index contributed by atoms with van der Waals surface area (Å²) < 4.78 is 5.78. The van der Waals surface area contributed by atoms with Crippen molar-refractivity contribution in [1.29, 1.82) is 0 Å². The molecule has 1 amide bonds. The quantitative estimate of drug-likeness (QED) is 0.705. The number of hydrogen-bond donors (Lipinski definition) is 1. The second-order valence-electron chi connectivity index (χ2n) is 6.64. The summed E-state index contributed by atoms with van der Waals surface area (Å²) in [4.78, 5) is 16.8. The van der Waals surface area contributed by atoms with Gasteiger partial charge >= 0.3 is 0 Å². The van der Waals surface area contributed by atoms with E-state index in [4.69, 9.17) is 4.42 Å². The maximum Gasteiger partial charge on any atom is 0.292 e. The fraction of sp³-hybridized carbons (Fsp3) is 0.273. The first kappa shape index (κ1) is 17.9. The third-order valence-corrected chi connectivity index (χ3v) is 4.49. The van der Waals surface area contributed by atoms with Crippen molar-refractivity contribution in [1.82, 2.24) is 4.98 Å². The Kier molecular flexibility index (Phi) is 5.21. The van der Waals surface area contributed by atoms with Crippen molar-refractivity contribution in [3.8, 4) is 0 Å². The minimum Gasteiger partial charge on any atom is -0.456 e. The monoisotopic (exact) mass is 348 g/mol.